The summed E-state index contributed by atoms with van der Waals surface area (Å²) < 4.78 is 7.93. The van der Waals surface area contributed by atoms with Crippen LogP contribution in [0.1, 0.15) is 20.8 Å². The Balaban J connectivity index is 1.89. The normalized spacial score (nSPS) is 11.5. The summed E-state index contributed by atoms with van der Waals surface area (Å²) in [4.78, 5) is 17.8. The van der Waals surface area contributed by atoms with Gasteiger partial charge in [0.25, 0.3) is 0 Å². The number of fused-ring (bicyclic) bond motifs is 1. The molecular weight excluding hydrogens is 397 g/mol. The molecule has 0 unspecified atom stereocenters. The molecule has 0 fully saturated rings. The number of alkyl carbamates (subject to hydrolysis) is 1. The van der Waals surface area contributed by atoms with Gasteiger partial charge in [0.1, 0.15) is 15.1 Å². The lowest BCUT2D eigenvalue weighted by atomic mass is 10.2. The number of carbonyl (C=O) groups excluding carboxylic acids is 1. The minimum absolute atomic E-state index is 0.409. The number of likely N-dealkylation sites (N-methyl/N-ethyl adjacent to an activating group) is 1. The van der Waals surface area contributed by atoms with Crippen molar-refractivity contribution in [2.45, 2.75) is 26.4 Å². The second-order valence-corrected chi connectivity index (χ2v) is 7.00. The van der Waals surface area contributed by atoms with E-state index < -0.39 is 11.7 Å². The third-order valence-corrected chi connectivity index (χ3v) is 3.55. The number of imidazole rings is 1. The molecule has 2 rings (SSSR count). The van der Waals surface area contributed by atoms with Crippen LogP contribution < -0.4 is 10.2 Å². The van der Waals surface area contributed by atoms with Crippen LogP contribution in [-0.4, -0.2) is 46.4 Å². The summed E-state index contributed by atoms with van der Waals surface area (Å²) in [5.41, 5.74) is 0.328. The van der Waals surface area contributed by atoms with Gasteiger partial charge in [0.15, 0.2) is 5.65 Å². The molecule has 0 aromatic carbocycles. The summed E-state index contributed by atoms with van der Waals surface area (Å²) >= 11 is 2.19. The summed E-state index contributed by atoms with van der Waals surface area (Å²) in [7, 11) is 1.93. The molecular formula is C14H20IN5O2. The van der Waals surface area contributed by atoms with Crippen LogP contribution >= 0.6 is 22.6 Å². The van der Waals surface area contributed by atoms with E-state index in [1.165, 1.54) is 0 Å². The van der Waals surface area contributed by atoms with Gasteiger partial charge in [-0.2, -0.15) is 0 Å². The zero-order valence-electron chi connectivity index (χ0n) is 13.1. The Kier molecular flexibility index (Phi) is 5.09. The van der Waals surface area contributed by atoms with E-state index in [4.69, 9.17) is 4.74 Å². The molecule has 8 heteroatoms. The van der Waals surface area contributed by atoms with Crippen LogP contribution in [0, 0.1) is 3.70 Å². The van der Waals surface area contributed by atoms with Crippen molar-refractivity contribution < 1.29 is 9.53 Å². The van der Waals surface area contributed by atoms with Gasteiger partial charge in [-0.3, -0.25) is 0 Å². The van der Waals surface area contributed by atoms with Crippen LogP contribution in [0.25, 0.3) is 5.65 Å². The predicted octanol–water partition coefficient (Wildman–Crippen LogP) is 2.29. The van der Waals surface area contributed by atoms with Crippen molar-refractivity contribution in [2.24, 2.45) is 0 Å². The van der Waals surface area contributed by atoms with Crippen LogP contribution in [0.3, 0.4) is 0 Å². The molecule has 0 saturated heterocycles. The second-order valence-electron chi connectivity index (χ2n) is 5.89. The van der Waals surface area contributed by atoms with Gasteiger partial charge in [-0.1, -0.05) is 0 Å². The first-order valence-electron chi connectivity index (χ1n) is 6.94. The third-order valence-electron chi connectivity index (χ3n) is 2.81. The fourth-order valence-corrected chi connectivity index (χ4v) is 2.29. The lowest BCUT2D eigenvalue weighted by molar-refractivity contribution is 0.0529. The Morgan fingerprint density at radius 1 is 1.45 bits per heavy atom. The van der Waals surface area contributed by atoms with Crippen LogP contribution in [0.2, 0.25) is 0 Å². The molecule has 0 aliphatic carbocycles. The molecule has 2 heterocycles. The van der Waals surface area contributed by atoms with Crippen molar-refractivity contribution in [2.75, 3.05) is 25.0 Å². The molecule has 1 N–H and O–H groups in total. The maximum absolute atomic E-state index is 11.6. The van der Waals surface area contributed by atoms with E-state index in [1.54, 1.807) is 10.7 Å². The number of hydrogen-bond donors (Lipinski definition) is 1. The van der Waals surface area contributed by atoms with Gasteiger partial charge in [0.05, 0.1) is 6.20 Å². The van der Waals surface area contributed by atoms with E-state index in [9.17, 15) is 4.79 Å². The number of amides is 1. The summed E-state index contributed by atoms with van der Waals surface area (Å²) in [6.07, 6.45) is 1.37. The van der Waals surface area contributed by atoms with Crippen molar-refractivity contribution in [1.82, 2.24) is 19.9 Å². The minimum Gasteiger partial charge on any atom is -0.444 e. The monoisotopic (exact) mass is 417 g/mol. The number of nitrogens with one attached hydrogen (secondary N) is 1. The zero-order valence-corrected chi connectivity index (χ0v) is 15.3. The van der Waals surface area contributed by atoms with E-state index in [0.717, 1.165) is 15.2 Å². The van der Waals surface area contributed by atoms with Crippen LogP contribution in [0.4, 0.5) is 10.6 Å². The average molecular weight is 417 g/mol. The molecule has 0 radical (unpaired) electrons. The molecule has 1 amide bonds. The van der Waals surface area contributed by atoms with Gasteiger partial charge in [-0.05, 0) is 55.5 Å². The van der Waals surface area contributed by atoms with Crippen LogP contribution in [0.5, 0.6) is 0 Å². The number of carbonyl (C=O) groups is 1. The quantitative estimate of drug-likeness (QED) is 0.774. The molecule has 0 saturated carbocycles. The Labute approximate surface area is 143 Å². The molecule has 7 nitrogen and oxygen atoms in total. The molecule has 0 spiro atoms. The number of anilines is 1. The molecule has 0 bridgehead atoms. The maximum Gasteiger partial charge on any atom is 0.407 e. The number of halogens is 1. The number of hydrogen-bond acceptors (Lipinski definition) is 5. The number of rotatable bonds is 4. The molecule has 2 aromatic rings. The number of aromatic nitrogens is 3. The van der Waals surface area contributed by atoms with Crippen molar-refractivity contribution in [3.8, 4) is 0 Å². The lowest BCUT2D eigenvalue weighted by Gasteiger charge is -2.21. The fourth-order valence-electron chi connectivity index (χ4n) is 1.79. The van der Waals surface area contributed by atoms with Crippen molar-refractivity contribution in [3.63, 3.8) is 0 Å². The summed E-state index contributed by atoms with van der Waals surface area (Å²) in [6, 6.07) is 3.83. The van der Waals surface area contributed by atoms with Crippen molar-refractivity contribution in [3.05, 3.63) is 22.0 Å². The highest BCUT2D eigenvalue weighted by atomic mass is 127. The molecule has 22 heavy (non-hydrogen) atoms. The number of nitrogens with zero attached hydrogens (tertiary/aromatic N) is 4. The molecule has 0 atom stereocenters. The molecule has 2 aromatic heterocycles. The number of ether oxygens (including phenoxy) is 1. The Morgan fingerprint density at radius 3 is 2.86 bits per heavy atom. The maximum atomic E-state index is 11.6. The molecule has 0 aliphatic rings. The van der Waals surface area contributed by atoms with Gasteiger partial charge in [-0.15, -0.1) is 5.10 Å². The first-order chi connectivity index (χ1) is 10.3. The highest BCUT2D eigenvalue weighted by molar-refractivity contribution is 14.1. The summed E-state index contributed by atoms with van der Waals surface area (Å²) in [5.74, 6) is 0.814. The van der Waals surface area contributed by atoms with Crippen LogP contribution in [-0.2, 0) is 4.74 Å². The first-order valence-corrected chi connectivity index (χ1v) is 8.02. The van der Waals surface area contributed by atoms with Crippen molar-refractivity contribution in [1.29, 1.82) is 0 Å². The highest BCUT2D eigenvalue weighted by Crippen LogP contribution is 2.13. The zero-order chi connectivity index (χ0) is 16.3. The van der Waals surface area contributed by atoms with Crippen LogP contribution in [0.15, 0.2) is 18.3 Å². The van der Waals surface area contributed by atoms with E-state index >= 15 is 0 Å². The lowest BCUT2D eigenvalue weighted by Crippen LogP contribution is -2.37. The topological polar surface area (TPSA) is 71.8 Å². The Bertz CT molecular complexity index is 665. The molecule has 120 valence electrons. The third kappa shape index (κ3) is 4.46. The minimum atomic E-state index is -0.485. The van der Waals surface area contributed by atoms with E-state index in [-0.39, 0.29) is 0 Å². The van der Waals surface area contributed by atoms with E-state index in [0.29, 0.717) is 13.1 Å². The first kappa shape index (κ1) is 16.8. The van der Waals surface area contributed by atoms with Gasteiger partial charge < -0.3 is 15.0 Å². The summed E-state index contributed by atoms with van der Waals surface area (Å²) in [6.45, 7) is 6.62. The SMILES string of the molecule is CN(CCNC(=O)OC(C)(C)C)c1ccc2ncc(I)n2n1. The van der Waals surface area contributed by atoms with Gasteiger partial charge in [0.2, 0.25) is 0 Å². The van der Waals surface area contributed by atoms with Crippen molar-refractivity contribution >= 4 is 40.1 Å². The summed E-state index contributed by atoms with van der Waals surface area (Å²) in [5, 5.41) is 7.25. The standard InChI is InChI=1S/C14H20IN5O2/c1-14(2,3)22-13(21)16-7-8-19(4)12-6-5-11-17-9-10(15)20(11)18-12/h5-6,9H,7-8H2,1-4H3,(H,16,21). The average Bonchev–Trinajstić information content (AvgIpc) is 2.78. The Morgan fingerprint density at radius 2 is 2.18 bits per heavy atom. The largest absolute Gasteiger partial charge is 0.444 e. The second kappa shape index (κ2) is 6.67. The van der Waals surface area contributed by atoms with Gasteiger partial charge >= 0.3 is 6.09 Å². The predicted molar refractivity (Wildman–Crippen MR) is 93.2 cm³/mol. The molecule has 0 aliphatic heterocycles. The fraction of sp³-hybridized carbons (Fsp3) is 0.500. The van der Waals surface area contributed by atoms with Gasteiger partial charge in [0, 0.05) is 20.1 Å². The van der Waals surface area contributed by atoms with E-state index in [1.807, 2.05) is 44.9 Å². The Hall–Kier alpha value is -1.58. The smallest absolute Gasteiger partial charge is 0.407 e. The van der Waals surface area contributed by atoms with Gasteiger partial charge in [-0.25, -0.2) is 14.3 Å². The highest BCUT2D eigenvalue weighted by Gasteiger charge is 2.15. The van der Waals surface area contributed by atoms with E-state index in [2.05, 4.69) is 38.0 Å².